The lowest BCUT2D eigenvalue weighted by molar-refractivity contribution is 0.0135. The van der Waals surface area contributed by atoms with Gasteiger partial charge in [-0.2, -0.15) is 0 Å². The molecule has 80 valence electrons. The molecule has 2 aliphatic rings. The number of ether oxygens (including phenoxy) is 2. The van der Waals surface area contributed by atoms with Crippen LogP contribution in [-0.2, 0) is 16.1 Å². The second-order valence-electron chi connectivity index (χ2n) is 4.41. The second kappa shape index (κ2) is 3.95. The standard InChI is InChI=1S/C13H16O2/c1-2-5-10(6-3-1)9-14-11-7-4-8-12-13(11)15-12/h1-3,5-6,11-13H,4,7-9H2/t11-,12-,13-/m0/s1. The van der Waals surface area contributed by atoms with Crippen molar-refractivity contribution in [2.45, 2.75) is 44.2 Å². The summed E-state index contributed by atoms with van der Waals surface area (Å²) >= 11 is 0. The number of benzene rings is 1. The van der Waals surface area contributed by atoms with Crippen LogP contribution in [0.25, 0.3) is 0 Å². The number of fused-ring (bicyclic) bond motifs is 1. The quantitative estimate of drug-likeness (QED) is 0.706. The van der Waals surface area contributed by atoms with E-state index in [4.69, 9.17) is 9.47 Å². The molecule has 2 nitrogen and oxygen atoms in total. The molecule has 3 rings (SSSR count). The molecule has 0 amide bonds. The van der Waals surface area contributed by atoms with Crippen molar-refractivity contribution >= 4 is 0 Å². The molecule has 0 unspecified atom stereocenters. The van der Waals surface area contributed by atoms with Crippen LogP contribution in [0.4, 0.5) is 0 Å². The largest absolute Gasteiger partial charge is 0.371 e. The van der Waals surface area contributed by atoms with Crippen molar-refractivity contribution in [3.8, 4) is 0 Å². The molecule has 1 saturated heterocycles. The van der Waals surface area contributed by atoms with Gasteiger partial charge in [0, 0.05) is 0 Å². The lowest BCUT2D eigenvalue weighted by Gasteiger charge is -2.18. The molecule has 0 radical (unpaired) electrons. The van der Waals surface area contributed by atoms with Gasteiger partial charge in [0.2, 0.25) is 0 Å². The van der Waals surface area contributed by atoms with Gasteiger partial charge in [0.25, 0.3) is 0 Å². The highest BCUT2D eigenvalue weighted by atomic mass is 16.6. The van der Waals surface area contributed by atoms with Gasteiger partial charge in [-0.25, -0.2) is 0 Å². The fourth-order valence-corrected chi connectivity index (χ4v) is 2.36. The highest BCUT2D eigenvalue weighted by molar-refractivity contribution is 5.13. The molecule has 0 bridgehead atoms. The normalized spacial score (nSPS) is 33.5. The molecule has 1 heterocycles. The van der Waals surface area contributed by atoms with Crippen molar-refractivity contribution < 1.29 is 9.47 Å². The van der Waals surface area contributed by atoms with E-state index < -0.39 is 0 Å². The second-order valence-corrected chi connectivity index (χ2v) is 4.41. The summed E-state index contributed by atoms with van der Waals surface area (Å²) in [5, 5.41) is 0. The molecule has 1 aromatic rings. The molecule has 1 saturated carbocycles. The first-order valence-electron chi connectivity index (χ1n) is 5.74. The monoisotopic (exact) mass is 204 g/mol. The van der Waals surface area contributed by atoms with Gasteiger partial charge in [-0.3, -0.25) is 0 Å². The van der Waals surface area contributed by atoms with E-state index in [1.54, 1.807) is 0 Å². The molecular weight excluding hydrogens is 188 g/mol. The average Bonchev–Trinajstić information content (AvgIpc) is 3.07. The minimum atomic E-state index is 0.337. The predicted molar refractivity (Wildman–Crippen MR) is 57.5 cm³/mol. The molecule has 3 atom stereocenters. The van der Waals surface area contributed by atoms with Crippen molar-refractivity contribution in [3.63, 3.8) is 0 Å². The zero-order valence-electron chi connectivity index (χ0n) is 8.76. The highest BCUT2D eigenvalue weighted by Crippen LogP contribution is 2.38. The van der Waals surface area contributed by atoms with Crippen LogP contribution in [0, 0.1) is 0 Å². The molecule has 2 fully saturated rings. The van der Waals surface area contributed by atoms with E-state index in [0.29, 0.717) is 18.3 Å². The lowest BCUT2D eigenvalue weighted by Crippen LogP contribution is -2.25. The molecule has 1 aromatic carbocycles. The average molecular weight is 204 g/mol. The van der Waals surface area contributed by atoms with Gasteiger partial charge in [-0.05, 0) is 24.8 Å². The molecule has 0 spiro atoms. The van der Waals surface area contributed by atoms with Gasteiger partial charge in [0.05, 0.1) is 18.8 Å². The number of hydrogen-bond donors (Lipinski definition) is 0. The maximum atomic E-state index is 5.90. The topological polar surface area (TPSA) is 21.8 Å². The van der Waals surface area contributed by atoms with Gasteiger partial charge in [-0.15, -0.1) is 0 Å². The van der Waals surface area contributed by atoms with Crippen LogP contribution in [0.3, 0.4) is 0 Å². The zero-order valence-corrected chi connectivity index (χ0v) is 8.76. The third kappa shape index (κ3) is 2.06. The molecular formula is C13H16O2. The van der Waals surface area contributed by atoms with E-state index in [0.717, 1.165) is 13.0 Å². The summed E-state index contributed by atoms with van der Waals surface area (Å²) in [6.07, 6.45) is 4.90. The van der Waals surface area contributed by atoms with E-state index in [1.165, 1.54) is 18.4 Å². The molecule has 0 aromatic heterocycles. The van der Waals surface area contributed by atoms with Crippen molar-refractivity contribution in [2.24, 2.45) is 0 Å². The summed E-state index contributed by atoms with van der Waals surface area (Å²) in [5.74, 6) is 0. The summed E-state index contributed by atoms with van der Waals surface area (Å²) in [4.78, 5) is 0. The van der Waals surface area contributed by atoms with Gasteiger partial charge < -0.3 is 9.47 Å². The Hall–Kier alpha value is -0.860. The first-order valence-corrected chi connectivity index (χ1v) is 5.74. The Labute approximate surface area is 90.2 Å². The Bertz CT molecular complexity index is 323. The van der Waals surface area contributed by atoms with E-state index in [9.17, 15) is 0 Å². The maximum absolute atomic E-state index is 5.90. The molecule has 0 N–H and O–H groups in total. The third-order valence-corrected chi connectivity index (χ3v) is 3.27. The van der Waals surface area contributed by atoms with E-state index >= 15 is 0 Å². The molecule has 1 aliphatic carbocycles. The summed E-state index contributed by atoms with van der Waals surface area (Å²) < 4.78 is 11.5. The predicted octanol–water partition coefficient (Wildman–Crippen LogP) is 2.52. The van der Waals surface area contributed by atoms with Crippen LogP contribution in [-0.4, -0.2) is 18.3 Å². The van der Waals surface area contributed by atoms with Crippen molar-refractivity contribution in [1.29, 1.82) is 0 Å². The van der Waals surface area contributed by atoms with Crippen LogP contribution in [0.15, 0.2) is 30.3 Å². The zero-order chi connectivity index (χ0) is 10.1. The van der Waals surface area contributed by atoms with Crippen molar-refractivity contribution in [2.75, 3.05) is 0 Å². The molecule has 1 aliphatic heterocycles. The fraction of sp³-hybridized carbons (Fsp3) is 0.538. The lowest BCUT2D eigenvalue weighted by atomic mass is 9.98. The summed E-state index contributed by atoms with van der Waals surface area (Å²) in [6, 6.07) is 10.3. The highest BCUT2D eigenvalue weighted by Gasteiger charge is 2.47. The van der Waals surface area contributed by atoms with Crippen LogP contribution in [0.1, 0.15) is 24.8 Å². The Morgan fingerprint density at radius 1 is 1.20 bits per heavy atom. The van der Waals surface area contributed by atoms with Gasteiger partial charge in [-0.1, -0.05) is 30.3 Å². The van der Waals surface area contributed by atoms with Gasteiger partial charge >= 0.3 is 0 Å². The number of rotatable bonds is 3. The van der Waals surface area contributed by atoms with E-state index in [-0.39, 0.29) is 0 Å². The molecule has 15 heavy (non-hydrogen) atoms. The smallest absolute Gasteiger partial charge is 0.110 e. The Morgan fingerprint density at radius 2 is 2.07 bits per heavy atom. The van der Waals surface area contributed by atoms with Gasteiger partial charge in [0.1, 0.15) is 6.10 Å². The minimum absolute atomic E-state index is 0.337. The van der Waals surface area contributed by atoms with Crippen LogP contribution >= 0.6 is 0 Å². The maximum Gasteiger partial charge on any atom is 0.110 e. The Kier molecular flexibility index (Phi) is 2.47. The number of epoxide rings is 1. The van der Waals surface area contributed by atoms with Crippen molar-refractivity contribution in [1.82, 2.24) is 0 Å². The van der Waals surface area contributed by atoms with E-state index in [2.05, 4.69) is 24.3 Å². The minimum Gasteiger partial charge on any atom is -0.371 e. The Morgan fingerprint density at radius 3 is 2.93 bits per heavy atom. The van der Waals surface area contributed by atoms with Crippen LogP contribution in [0.2, 0.25) is 0 Å². The first kappa shape index (κ1) is 9.37. The van der Waals surface area contributed by atoms with Gasteiger partial charge in [0.15, 0.2) is 0 Å². The summed E-state index contributed by atoms with van der Waals surface area (Å²) in [7, 11) is 0. The first-order chi connectivity index (χ1) is 7.43. The summed E-state index contributed by atoms with van der Waals surface area (Å²) in [5.41, 5.74) is 1.25. The SMILES string of the molecule is c1ccc(CO[C@H]2CCC[C@@H]3O[C@@H]23)cc1. The number of hydrogen-bond acceptors (Lipinski definition) is 2. The molecule has 2 heteroatoms. The third-order valence-electron chi connectivity index (χ3n) is 3.27. The fourth-order valence-electron chi connectivity index (χ4n) is 2.36. The van der Waals surface area contributed by atoms with Crippen LogP contribution < -0.4 is 0 Å². The Balaban J connectivity index is 1.54. The van der Waals surface area contributed by atoms with E-state index in [1.807, 2.05) is 6.07 Å². The van der Waals surface area contributed by atoms with Crippen LogP contribution in [0.5, 0.6) is 0 Å². The summed E-state index contributed by atoms with van der Waals surface area (Å²) in [6.45, 7) is 0.720. The van der Waals surface area contributed by atoms with Crippen molar-refractivity contribution in [3.05, 3.63) is 35.9 Å².